The number of carboxylic acid groups (broad SMARTS) is 1. The number of oxime groups is 1. The van der Waals surface area contributed by atoms with Gasteiger partial charge in [-0.25, -0.2) is 0 Å². The summed E-state index contributed by atoms with van der Waals surface area (Å²) >= 11 is 6.16. The Bertz CT molecular complexity index is 1690. The highest BCUT2D eigenvalue weighted by Gasteiger charge is 2.54. The van der Waals surface area contributed by atoms with E-state index in [1.54, 1.807) is 55.5 Å². The van der Waals surface area contributed by atoms with E-state index in [9.17, 15) is 22.8 Å². The summed E-state index contributed by atoms with van der Waals surface area (Å²) in [5.41, 5.74) is 3.16. The molecule has 1 unspecified atom stereocenters. The SMILES string of the molecule is COc1cc(NC(C(=O)N2CC3(CC3)c3ccc(OC(F)(F)F)cc32)c2ccc(Cl)cc2)cc(C(C)=NOC2CC(C(=O)O)C2)c1. The molecule has 0 aromatic heterocycles. The fourth-order valence-corrected chi connectivity index (χ4v) is 6.09. The molecule has 0 radical (unpaired) electrons. The van der Waals surface area contributed by atoms with Gasteiger partial charge in [0.2, 0.25) is 0 Å². The van der Waals surface area contributed by atoms with E-state index in [0.29, 0.717) is 58.4 Å². The van der Waals surface area contributed by atoms with Crippen molar-refractivity contribution in [1.82, 2.24) is 0 Å². The van der Waals surface area contributed by atoms with E-state index in [2.05, 4.69) is 15.2 Å². The Hall–Kier alpha value is -4.45. The van der Waals surface area contributed by atoms with E-state index in [4.69, 9.17) is 26.3 Å². The molecule has 1 spiro atoms. The number of anilines is 2. The molecule has 6 rings (SSSR count). The van der Waals surface area contributed by atoms with Crippen molar-refractivity contribution in [3.8, 4) is 11.5 Å². The minimum Gasteiger partial charge on any atom is -0.497 e. The Morgan fingerprint density at radius 3 is 2.41 bits per heavy atom. The van der Waals surface area contributed by atoms with Gasteiger partial charge < -0.3 is 29.6 Å². The summed E-state index contributed by atoms with van der Waals surface area (Å²) in [4.78, 5) is 32.6. The lowest BCUT2D eigenvalue weighted by Gasteiger charge is -2.29. The number of benzene rings is 3. The van der Waals surface area contributed by atoms with Gasteiger partial charge in [0, 0.05) is 53.2 Å². The van der Waals surface area contributed by atoms with Crippen molar-refractivity contribution in [2.45, 2.75) is 56.5 Å². The molecule has 3 aliphatic rings. The predicted molar refractivity (Wildman–Crippen MR) is 165 cm³/mol. The van der Waals surface area contributed by atoms with Crippen molar-refractivity contribution >= 4 is 40.6 Å². The molecule has 2 aliphatic carbocycles. The predicted octanol–water partition coefficient (Wildman–Crippen LogP) is 7.08. The van der Waals surface area contributed by atoms with Crippen LogP contribution < -0.4 is 19.7 Å². The monoisotopic (exact) mass is 657 g/mol. The Kier molecular flexibility index (Phi) is 8.26. The van der Waals surface area contributed by atoms with Crippen LogP contribution in [-0.4, -0.2) is 48.8 Å². The number of hydrogen-bond donors (Lipinski definition) is 2. The van der Waals surface area contributed by atoms with Gasteiger partial charge in [0.05, 0.1) is 24.4 Å². The van der Waals surface area contributed by atoms with Crippen LogP contribution in [-0.2, 0) is 19.8 Å². The van der Waals surface area contributed by atoms with Gasteiger partial charge in [0.1, 0.15) is 23.6 Å². The standard InChI is InChI=1S/C33H31ClF3N3O6/c1-18(39-46-26-13-21(14-26)31(42)43)20-11-23(15-25(12-20)44-2)38-29(19-3-5-22(34)6-4-19)30(41)40-17-32(9-10-32)27-8-7-24(16-28(27)40)45-33(35,36)37/h3-8,11-12,15-16,21,26,29,38H,9-10,13-14,17H2,1-2H3,(H,42,43). The van der Waals surface area contributed by atoms with Crippen LogP contribution >= 0.6 is 11.6 Å². The molecule has 2 fully saturated rings. The number of carbonyl (C=O) groups excluding carboxylic acids is 1. The van der Waals surface area contributed by atoms with Gasteiger partial charge in [-0.05, 0) is 61.2 Å². The number of fused-ring (bicyclic) bond motifs is 2. The molecule has 3 aromatic carbocycles. The molecule has 1 heterocycles. The molecule has 13 heteroatoms. The summed E-state index contributed by atoms with van der Waals surface area (Å²) < 4.78 is 48.9. The van der Waals surface area contributed by atoms with Crippen LogP contribution in [0, 0.1) is 5.92 Å². The van der Waals surface area contributed by atoms with Gasteiger partial charge in [-0.15, -0.1) is 13.2 Å². The van der Waals surface area contributed by atoms with Crippen molar-refractivity contribution in [2.24, 2.45) is 11.1 Å². The lowest BCUT2D eigenvalue weighted by Crippen LogP contribution is -2.38. The van der Waals surface area contributed by atoms with Gasteiger partial charge in [-0.2, -0.15) is 0 Å². The lowest BCUT2D eigenvalue weighted by atomic mass is 9.83. The number of nitrogens with one attached hydrogen (secondary N) is 1. The summed E-state index contributed by atoms with van der Waals surface area (Å²) in [6.45, 7) is 2.07. The molecule has 46 heavy (non-hydrogen) atoms. The minimum atomic E-state index is -4.87. The summed E-state index contributed by atoms with van der Waals surface area (Å²) in [6, 6.07) is 15.2. The molecule has 0 saturated heterocycles. The zero-order valence-electron chi connectivity index (χ0n) is 24.9. The number of halogens is 4. The number of ether oxygens (including phenoxy) is 2. The van der Waals surface area contributed by atoms with Crippen LogP contribution in [0.5, 0.6) is 11.5 Å². The van der Waals surface area contributed by atoms with Crippen LogP contribution in [0.2, 0.25) is 5.02 Å². The maximum atomic E-state index is 14.4. The average Bonchev–Trinajstić information content (AvgIpc) is 3.70. The lowest BCUT2D eigenvalue weighted by molar-refractivity contribution is -0.274. The second-order valence-corrected chi connectivity index (χ2v) is 12.4. The smallest absolute Gasteiger partial charge is 0.497 e. The summed E-state index contributed by atoms with van der Waals surface area (Å²) in [7, 11) is 1.50. The van der Waals surface area contributed by atoms with E-state index in [-0.39, 0.29) is 17.4 Å². The first-order valence-electron chi connectivity index (χ1n) is 14.7. The molecule has 1 atom stereocenters. The number of nitrogens with zero attached hydrogens (tertiary/aromatic N) is 2. The quantitative estimate of drug-likeness (QED) is 0.177. The normalized spacial score (nSPS) is 20.4. The first-order valence-corrected chi connectivity index (χ1v) is 15.1. The second kappa shape index (κ2) is 12.1. The molecule has 1 aliphatic heterocycles. The zero-order valence-corrected chi connectivity index (χ0v) is 25.7. The largest absolute Gasteiger partial charge is 0.573 e. The molecule has 242 valence electrons. The number of methoxy groups -OCH3 is 1. The number of carbonyl (C=O) groups is 2. The molecular formula is C33H31ClF3N3O6. The Morgan fingerprint density at radius 2 is 1.78 bits per heavy atom. The number of rotatable bonds is 10. The van der Waals surface area contributed by atoms with Crippen LogP contribution in [0.1, 0.15) is 55.3 Å². The molecule has 1 amide bonds. The summed E-state index contributed by atoms with van der Waals surface area (Å²) in [5, 5.41) is 17.1. The van der Waals surface area contributed by atoms with Crippen LogP contribution in [0.3, 0.4) is 0 Å². The van der Waals surface area contributed by atoms with E-state index in [0.717, 1.165) is 18.4 Å². The number of alkyl halides is 3. The highest BCUT2D eigenvalue weighted by Crippen LogP contribution is 2.57. The molecule has 3 aromatic rings. The van der Waals surface area contributed by atoms with Crippen molar-refractivity contribution < 1.29 is 42.2 Å². The Balaban J connectivity index is 1.30. The highest BCUT2D eigenvalue weighted by atomic mass is 35.5. The fourth-order valence-electron chi connectivity index (χ4n) is 5.96. The highest BCUT2D eigenvalue weighted by molar-refractivity contribution is 6.30. The maximum Gasteiger partial charge on any atom is 0.573 e. The van der Waals surface area contributed by atoms with E-state index < -0.39 is 30.0 Å². The third-order valence-corrected chi connectivity index (χ3v) is 9.00. The van der Waals surface area contributed by atoms with Gasteiger partial charge >= 0.3 is 12.3 Å². The number of amides is 1. The van der Waals surface area contributed by atoms with E-state index >= 15 is 0 Å². The number of carboxylic acids is 1. The van der Waals surface area contributed by atoms with Crippen molar-refractivity contribution in [2.75, 3.05) is 23.9 Å². The minimum absolute atomic E-state index is 0.286. The first-order chi connectivity index (χ1) is 21.8. The third-order valence-electron chi connectivity index (χ3n) is 8.75. The van der Waals surface area contributed by atoms with Crippen LogP contribution in [0.25, 0.3) is 0 Å². The van der Waals surface area contributed by atoms with E-state index in [1.165, 1.54) is 24.1 Å². The molecule has 9 nitrogen and oxygen atoms in total. The molecule has 2 N–H and O–H groups in total. The van der Waals surface area contributed by atoms with Crippen LogP contribution in [0.15, 0.2) is 65.8 Å². The molecule has 2 saturated carbocycles. The number of hydrogen-bond acceptors (Lipinski definition) is 7. The van der Waals surface area contributed by atoms with Gasteiger partial charge in [0.15, 0.2) is 0 Å². The first kappa shape index (κ1) is 31.5. The Labute approximate surface area is 267 Å². The third kappa shape index (κ3) is 6.57. The van der Waals surface area contributed by atoms with Gasteiger partial charge in [-0.1, -0.05) is 35.0 Å². The summed E-state index contributed by atoms with van der Waals surface area (Å²) in [6.07, 6.45) is -2.76. The second-order valence-electron chi connectivity index (χ2n) is 11.9. The van der Waals surface area contributed by atoms with Crippen molar-refractivity contribution in [1.29, 1.82) is 0 Å². The molecule has 0 bridgehead atoms. The van der Waals surface area contributed by atoms with Crippen LogP contribution in [0.4, 0.5) is 24.5 Å². The maximum absolute atomic E-state index is 14.4. The average molecular weight is 658 g/mol. The van der Waals surface area contributed by atoms with Crippen molar-refractivity contribution in [3.05, 3.63) is 82.4 Å². The molecular weight excluding hydrogens is 627 g/mol. The van der Waals surface area contributed by atoms with Crippen molar-refractivity contribution in [3.63, 3.8) is 0 Å². The zero-order chi connectivity index (χ0) is 32.8. The van der Waals surface area contributed by atoms with E-state index in [1.807, 2.05) is 0 Å². The van der Waals surface area contributed by atoms with Gasteiger partial charge in [0.25, 0.3) is 5.91 Å². The fraction of sp³-hybridized carbons (Fsp3) is 0.364. The Morgan fingerprint density at radius 1 is 1.07 bits per heavy atom. The topological polar surface area (TPSA) is 110 Å². The number of aliphatic carboxylic acids is 1. The summed E-state index contributed by atoms with van der Waals surface area (Å²) in [5.74, 6) is -1.57. The van der Waals surface area contributed by atoms with Gasteiger partial charge in [-0.3, -0.25) is 9.59 Å².